The molecule has 25 heavy (non-hydrogen) atoms. The number of hydrogen-bond donors (Lipinski definition) is 1. The van der Waals surface area contributed by atoms with Crippen molar-refractivity contribution in [3.63, 3.8) is 0 Å². The number of piperidine rings is 1. The molecule has 1 aliphatic rings. The number of halogens is 2. The molecule has 5 nitrogen and oxygen atoms in total. The lowest BCUT2D eigenvalue weighted by molar-refractivity contribution is 0.175. The van der Waals surface area contributed by atoms with Crippen LogP contribution in [0.15, 0.2) is 18.2 Å². The monoisotopic (exact) mass is 382 g/mol. The Balaban J connectivity index is 1.56. The van der Waals surface area contributed by atoms with Gasteiger partial charge in [0.25, 0.3) is 0 Å². The molecule has 1 aromatic carbocycles. The lowest BCUT2D eigenvalue weighted by atomic mass is 9.81. The lowest BCUT2D eigenvalue weighted by Crippen LogP contribution is -2.41. The number of hydrogen-bond acceptors (Lipinski definition) is 4. The minimum absolute atomic E-state index is 0.0910. The highest BCUT2D eigenvalue weighted by molar-refractivity contribution is 7.09. The van der Waals surface area contributed by atoms with Crippen LogP contribution in [0.1, 0.15) is 37.1 Å². The highest BCUT2D eigenvalue weighted by Crippen LogP contribution is 2.34. The average molecular weight is 383 g/mol. The molecule has 0 bridgehead atoms. The zero-order chi connectivity index (χ0) is 18.0. The fraction of sp³-hybridized carbons (Fsp3) is 0.471. The molecule has 134 valence electrons. The maximum atomic E-state index is 14.1. The number of nitrogens with one attached hydrogen (secondary N) is 1. The first kappa shape index (κ1) is 18.1. The minimum atomic E-state index is -0.258. The van der Waals surface area contributed by atoms with Gasteiger partial charge in [0.15, 0.2) is 0 Å². The Bertz CT molecular complexity index is 761. The number of anilines is 1. The first-order valence-corrected chi connectivity index (χ1v) is 9.40. The number of carbonyl (C=O) groups is 1. The summed E-state index contributed by atoms with van der Waals surface area (Å²) in [4.78, 5) is 18.2. The van der Waals surface area contributed by atoms with Crippen molar-refractivity contribution in [2.45, 2.75) is 32.6 Å². The zero-order valence-electron chi connectivity index (χ0n) is 14.1. The molecule has 1 unspecified atom stereocenters. The van der Waals surface area contributed by atoms with Gasteiger partial charge >= 0.3 is 6.03 Å². The van der Waals surface area contributed by atoms with E-state index in [1.54, 1.807) is 24.0 Å². The van der Waals surface area contributed by atoms with Crippen molar-refractivity contribution in [2.24, 2.45) is 5.92 Å². The summed E-state index contributed by atoms with van der Waals surface area (Å²) in [6.07, 6.45) is 1.68. The second kappa shape index (κ2) is 7.66. The van der Waals surface area contributed by atoms with Crippen LogP contribution < -0.4 is 5.32 Å². The van der Waals surface area contributed by atoms with Crippen LogP contribution in [0.2, 0.25) is 5.02 Å². The van der Waals surface area contributed by atoms with E-state index in [1.165, 1.54) is 17.6 Å². The molecule has 2 amide bonds. The number of rotatable bonds is 3. The van der Waals surface area contributed by atoms with Crippen LogP contribution in [-0.4, -0.2) is 33.4 Å². The normalized spacial score (nSPS) is 16.7. The standard InChI is InChI=1S/C17H20ClFN4OS/c1-10(14-4-3-13(18)9-15(14)19)12-5-7-23(8-6-12)17(24)21-16-20-11(2)22-25-16/h3-4,9-10,12H,5-8H2,1-2H3,(H,20,21,22,24). The van der Waals surface area contributed by atoms with Crippen LogP contribution in [-0.2, 0) is 0 Å². The summed E-state index contributed by atoms with van der Waals surface area (Å²) in [6.45, 7) is 5.12. The van der Waals surface area contributed by atoms with Crippen LogP contribution in [0.5, 0.6) is 0 Å². The van der Waals surface area contributed by atoms with Crippen molar-refractivity contribution < 1.29 is 9.18 Å². The summed E-state index contributed by atoms with van der Waals surface area (Å²) in [5.41, 5.74) is 0.691. The van der Waals surface area contributed by atoms with Crippen LogP contribution in [0.3, 0.4) is 0 Å². The van der Waals surface area contributed by atoms with E-state index in [2.05, 4.69) is 14.7 Å². The van der Waals surface area contributed by atoms with Gasteiger partial charge in [-0.15, -0.1) is 0 Å². The summed E-state index contributed by atoms with van der Waals surface area (Å²) in [6, 6.07) is 4.70. The smallest absolute Gasteiger partial charge is 0.323 e. The molecule has 1 fully saturated rings. The maximum Gasteiger partial charge on any atom is 0.323 e. The fourth-order valence-electron chi connectivity index (χ4n) is 3.25. The van der Waals surface area contributed by atoms with Crippen molar-refractivity contribution in [1.82, 2.24) is 14.3 Å². The second-order valence-electron chi connectivity index (χ2n) is 6.36. The van der Waals surface area contributed by atoms with Crippen molar-refractivity contribution in [3.8, 4) is 0 Å². The van der Waals surface area contributed by atoms with Crippen LogP contribution in [0, 0.1) is 18.7 Å². The molecule has 2 heterocycles. The Hall–Kier alpha value is -1.73. The van der Waals surface area contributed by atoms with Crippen molar-refractivity contribution >= 4 is 34.3 Å². The van der Waals surface area contributed by atoms with E-state index in [0.717, 1.165) is 12.8 Å². The largest absolute Gasteiger partial charge is 0.324 e. The Kier molecular flexibility index (Phi) is 5.54. The molecular weight excluding hydrogens is 363 g/mol. The third kappa shape index (κ3) is 4.27. The van der Waals surface area contributed by atoms with Gasteiger partial charge in [-0.2, -0.15) is 4.37 Å². The van der Waals surface area contributed by atoms with Crippen molar-refractivity contribution in [3.05, 3.63) is 40.4 Å². The highest BCUT2D eigenvalue weighted by atomic mass is 35.5. The van der Waals surface area contributed by atoms with Gasteiger partial charge in [-0.05, 0) is 49.3 Å². The van der Waals surface area contributed by atoms with E-state index in [1.807, 2.05) is 6.92 Å². The average Bonchev–Trinajstić information content (AvgIpc) is 2.99. The summed E-state index contributed by atoms with van der Waals surface area (Å²) in [7, 11) is 0. The number of urea groups is 1. The lowest BCUT2D eigenvalue weighted by Gasteiger charge is -2.35. The molecular formula is C17H20ClFN4OS. The first-order chi connectivity index (χ1) is 11.9. The molecule has 0 saturated carbocycles. The predicted octanol–water partition coefficient (Wildman–Crippen LogP) is 4.69. The zero-order valence-corrected chi connectivity index (χ0v) is 15.7. The summed E-state index contributed by atoms with van der Waals surface area (Å²) in [5, 5.41) is 3.70. The number of nitrogens with zero attached hydrogens (tertiary/aromatic N) is 3. The molecule has 8 heteroatoms. The second-order valence-corrected chi connectivity index (χ2v) is 7.54. The summed E-state index contributed by atoms with van der Waals surface area (Å²) in [5.74, 6) is 0.821. The van der Waals surface area contributed by atoms with Crippen molar-refractivity contribution in [1.29, 1.82) is 0 Å². The topological polar surface area (TPSA) is 58.1 Å². The van der Waals surface area contributed by atoms with Gasteiger partial charge in [-0.1, -0.05) is 24.6 Å². The van der Waals surface area contributed by atoms with E-state index < -0.39 is 0 Å². The molecule has 3 rings (SSSR count). The van der Waals surface area contributed by atoms with E-state index in [0.29, 0.717) is 40.5 Å². The number of amides is 2. The van der Waals surface area contributed by atoms with Gasteiger partial charge < -0.3 is 4.90 Å². The third-order valence-electron chi connectivity index (χ3n) is 4.73. The Morgan fingerprint density at radius 2 is 2.16 bits per heavy atom. The maximum absolute atomic E-state index is 14.1. The van der Waals surface area contributed by atoms with Crippen LogP contribution in [0.25, 0.3) is 0 Å². The number of likely N-dealkylation sites (tertiary alicyclic amines) is 1. The highest BCUT2D eigenvalue weighted by Gasteiger charge is 2.28. The molecule has 1 atom stereocenters. The molecule has 1 N–H and O–H groups in total. The number of aryl methyl sites for hydroxylation is 1. The van der Waals surface area contributed by atoms with E-state index in [-0.39, 0.29) is 17.8 Å². The van der Waals surface area contributed by atoms with Gasteiger partial charge in [-0.3, -0.25) is 5.32 Å². The Morgan fingerprint density at radius 1 is 1.44 bits per heavy atom. The number of benzene rings is 1. The van der Waals surface area contributed by atoms with Gasteiger partial charge in [0.05, 0.1) is 0 Å². The van der Waals surface area contributed by atoms with Gasteiger partial charge in [0, 0.05) is 29.6 Å². The SMILES string of the molecule is Cc1nsc(NC(=O)N2CCC(C(C)c3ccc(Cl)cc3F)CC2)n1. The van der Waals surface area contributed by atoms with Gasteiger partial charge in [0.1, 0.15) is 11.6 Å². The molecule has 0 spiro atoms. The molecule has 1 saturated heterocycles. The Labute approximate surface area is 155 Å². The summed E-state index contributed by atoms with van der Waals surface area (Å²) < 4.78 is 18.2. The van der Waals surface area contributed by atoms with Crippen LogP contribution >= 0.6 is 23.1 Å². The quantitative estimate of drug-likeness (QED) is 0.837. The first-order valence-electron chi connectivity index (χ1n) is 8.25. The van der Waals surface area contributed by atoms with E-state index in [4.69, 9.17) is 11.6 Å². The fourth-order valence-corrected chi connectivity index (χ4v) is 3.97. The number of aromatic nitrogens is 2. The predicted molar refractivity (Wildman–Crippen MR) is 97.8 cm³/mol. The molecule has 1 aliphatic heterocycles. The molecule has 0 aliphatic carbocycles. The van der Waals surface area contributed by atoms with Gasteiger partial charge in [0.2, 0.25) is 5.13 Å². The molecule has 0 radical (unpaired) electrons. The van der Waals surface area contributed by atoms with E-state index >= 15 is 0 Å². The summed E-state index contributed by atoms with van der Waals surface area (Å²) >= 11 is 7.00. The van der Waals surface area contributed by atoms with Gasteiger partial charge in [-0.25, -0.2) is 14.2 Å². The number of carbonyl (C=O) groups excluding carboxylic acids is 1. The third-order valence-corrected chi connectivity index (χ3v) is 5.69. The van der Waals surface area contributed by atoms with Crippen LogP contribution in [0.4, 0.5) is 14.3 Å². The Morgan fingerprint density at radius 3 is 2.76 bits per heavy atom. The van der Waals surface area contributed by atoms with E-state index in [9.17, 15) is 9.18 Å². The molecule has 1 aromatic heterocycles. The molecule has 2 aromatic rings. The minimum Gasteiger partial charge on any atom is -0.324 e. The van der Waals surface area contributed by atoms with Crippen molar-refractivity contribution in [2.75, 3.05) is 18.4 Å².